The van der Waals surface area contributed by atoms with E-state index in [0.717, 1.165) is 10.5 Å². The topological polar surface area (TPSA) is 26.0 Å². The largest absolute Gasteiger partial charge is 0.327 e. The molecule has 1 aromatic rings. The van der Waals surface area contributed by atoms with E-state index < -0.39 is 0 Å². The summed E-state index contributed by atoms with van der Waals surface area (Å²) in [5.41, 5.74) is 6.46. The predicted molar refractivity (Wildman–Crippen MR) is 51.8 cm³/mol. The zero-order chi connectivity index (χ0) is 8.10. The molecule has 11 heavy (non-hydrogen) atoms. The molecule has 0 aliphatic carbocycles. The molecule has 2 heteroatoms. The summed E-state index contributed by atoms with van der Waals surface area (Å²) < 4.78 is 0. The zero-order valence-corrected chi connectivity index (χ0v) is 7.09. The van der Waals surface area contributed by atoms with Gasteiger partial charge < -0.3 is 5.73 Å². The molecule has 0 amide bonds. The fourth-order valence-corrected chi connectivity index (χ4v) is 0.939. The lowest BCUT2D eigenvalue weighted by Crippen LogP contribution is -1.91. The van der Waals surface area contributed by atoms with Crippen LogP contribution in [0.5, 0.6) is 0 Å². The Bertz CT molecular complexity index is 238. The highest BCUT2D eigenvalue weighted by atomic mass is 32.1. The third-order valence-electron chi connectivity index (χ3n) is 1.34. The first-order valence-electron chi connectivity index (χ1n) is 3.48. The van der Waals surface area contributed by atoms with Gasteiger partial charge in [-0.2, -0.15) is 0 Å². The molecule has 0 aliphatic rings. The van der Waals surface area contributed by atoms with Crippen LogP contribution in [0, 0.1) is 0 Å². The first-order chi connectivity index (χ1) is 5.33. The molecule has 0 saturated carbocycles. The third-order valence-corrected chi connectivity index (χ3v) is 1.64. The van der Waals surface area contributed by atoms with Crippen LogP contribution in [0.3, 0.4) is 0 Å². The molecule has 0 aliphatic heterocycles. The Morgan fingerprint density at radius 2 is 1.91 bits per heavy atom. The van der Waals surface area contributed by atoms with E-state index in [0.29, 0.717) is 6.54 Å². The molecule has 1 aromatic carbocycles. The Kier molecular flexibility index (Phi) is 3.20. The van der Waals surface area contributed by atoms with E-state index >= 15 is 0 Å². The minimum absolute atomic E-state index is 0.586. The van der Waals surface area contributed by atoms with Gasteiger partial charge in [0.15, 0.2) is 0 Å². The van der Waals surface area contributed by atoms with Crippen molar-refractivity contribution in [2.45, 2.75) is 4.90 Å². The van der Waals surface area contributed by atoms with Gasteiger partial charge in [-0.05, 0) is 17.7 Å². The molecule has 0 heterocycles. The van der Waals surface area contributed by atoms with Gasteiger partial charge in [0.25, 0.3) is 0 Å². The molecular formula is C9H11NS. The van der Waals surface area contributed by atoms with Crippen LogP contribution in [0.1, 0.15) is 5.56 Å². The van der Waals surface area contributed by atoms with Crippen LogP contribution in [0.25, 0.3) is 6.08 Å². The van der Waals surface area contributed by atoms with Crippen molar-refractivity contribution in [1.29, 1.82) is 0 Å². The monoisotopic (exact) mass is 165 g/mol. The van der Waals surface area contributed by atoms with E-state index in [2.05, 4.69) is 12.6 Å². The average molecular weight is 165 g/mol. The summed E-state index contributed by atoms with van der Waals surface area (Å²) >= 11 is 4.17. The number of hydrogen-bond donors (Lipinski definition) is 2. The molecule has 0 aromatic heterocycles. The average Bonchev–Trinajstić information content (AvgIpc) is 2.04. The number of benzene rings is 1. The quantitative estimate of drug-likeness (QED) is 0.644. The van der Waals surface area contributed by atoms with Crippen LogP contribution in [0.15, 0.2) is 35.2 Å². The maximum atomic E-state index is 5.30. The van der Waals surface area contributed by atoms with Crippen LogP contribution in [0.4, 0.5) is 0 Å². The Balaban J connectivity index is 2.73. The van der Waals surface area contributed by atoms with Crippen molar-refractivity contribution in [3.8, 4) is 0 Å². The first kappa shape index (κ1) is 8.37. The smallest absolute Gasteiger partial charge is 0.0110 e. The molecule has 0 bridgehead atoms. The van der Waals surface area contributed by atoms with Crippen molar-refractivity contribution in [3.63, 3.8) is 0 Å². The molecule has 0 atom stereocenters. The van der Waals surface area contributed by atoms with Crippen molar-refractivity contribution in [3.05, 3.63) is 35.9 Å². The van der Waals surface area contributed by atoms with Crippen molar-refractivity contribution >= 4 is 18.7 Å². The van der Waals surface area contributed by atoms with Crippen molar-refractivity contribution in [1.82, 2.24) is 0 Å². The number of rotatable bonds is 2. The van der Waals surface area contributed by atoms with Gasteiger partial charge in [-0.1, -0.05) is 24.3 Å². The van der Waals surface area contributed by atoms with Gasteiger partial charge in [0, 0.05) is 11.4 Å². The van der Waals surface area contributed by atoms with E-state index in [1.54, 1.807) is 0 Å². The van der Waals surface area contributed by atoms with Crippen molar-refractivity contribution in [2.75, 3.05) is 6.54 Å². The predicted octanol–water partition coefficient (Wildman–Crippen LogP) is 1.95. The summed E-state index contributed by atoms with van der Waals surface area (Å²) in [5.74, 6) is 0. The molecule has 0 spiro atoms. The van der Waals surface area contributed by atoms with Gasteiger partial charge in [-0.25, -0.2) is 0 Å². The van der Waals surface area contributed by atoms with E-state index in [-0.39, 0.29) is 0 Å². The van der Waals surface area contributed by atoms with E-state index in [4.69, 9.17) is 5.73 Å². The first-order valence-corrected chi connectivity index (χ1v) is 3.93. The molecule has 2 N–H and O–H groups in total. The van der Waals surface area contributed by atoms with Gasteiger partial charge in [0.05, 0.1) is 0 Å². The Morgan fingerprint density at radius 3 is 2.45 bits per heavy atom. The molecule has 0 fully saturated rings. The third kappa shape index (κ3) is 2.78. The summed E-state index contributed by atoms with van der Waals surface area (Å²) in [6.45, 7) is 0.586. The molecule has 58 valence electrons. The van der Waals surface area contributed by atoms with Crippen molar-refractivity contribution in [2.24, 2.45) is 5.73 Å². The molecule has 1 nitrogen and oxygen atoms in total. The van der Waals surface area contributed by atoms with Crippen molar-refractivity contribution < 1.29 is 0 Å². The standard InChI is InChI=1S/C9H11NS/c10-7-1-2-8-3-5-9(11)6-4-8/h1-6,11H,7,10H2. The highest BCUT2D eigenvalue weighted by Crippen LogP contribution is 2.08. The maximum Gasteiger partial charge on any atom is 0.0110 e. The molecular weight excluding hydrogens is 154 g/mol. The van der Waals surface area contributed by atoms with E-state index in [1.165, 1.54) is 0 Å². The molecule has 1 rings (SSSR count). The van der Waals surface area contributed by atoms with Gasteiger partial charge in [0.1, 0.15) is 0 Å². The van der Waals surface area contributed by atoms with Crippen LogP contribution in [0.2, 0.25) is 0 Å². The fraction of sp³-hybridized carbons (Fsp3) is 0.111. The SMILES string of the molecule is NCC=Cc1ccc(S)cc1. The van der Waals surface area contributed by atoms with Gasteiger partial charge in [-0.3, -0.25) is 0 Å². The highest BCUT2D eigenvalue weighted by molar-refractivity contribution is 7.80. The summed E-state index contributed by atoms with van der Waals surface area (Å²) in [5, 5.41) is 0. The minimum atomic E-state index is 0.586. The summed E-state index contributed by atoms with van der Waals surface area (Å²) in [7, 11) is 0. The van der Waals surface area contributed by atoms with E-state index in [1.807, 2.05) is 36.4 Å². The second kappa shape index (κ2) is 4.21. The molecule has 0 radical (unpaired) electrons. The maximum absolute atomic E-state index is 5.30. The second-order valence-corrected chi connectivity index (χ2v) is 2.75. The molecule has 0 unspecified atom stereocenters. The Labute approximate surface area is 72.3 Å². The fourth-order valence-electron chi connectivity index (χ4n) is 0.790. The van der Waals surface area contributed by atoms with Gasteiger partial charge in [-0.15, -0.1) is 12.6 Å². The van der Waals surface area contributed by atoms with Crippen LogP contribution < -0.4 is 5.73 Å². The van der Waals surface area contributed by atoms with Gasteiger partial charge in [0.2, 0.25) is 0 Å². The highest BCUT2D eigenvalue weighted by Gasteiger charge is 1.84. The van der Waals surface area contributed by atoms with Gasteiger partial charge >= 0.3 is 0 Å². The normalized spacial score (nSPS) is 10.7. The zero-order valence-electron chi connectivity index (χ0n) is 6.20. The van der Waals surface area contributed by atoms with E-state index in [9.17, 15) is 0 Å². The Hall–Kier alpha value is -0.730. The summed E-state index contributed by atoms with van der Waals surface area (Å²) in [6, 6.07) is 7.93. The number of hydrogen-bond acceptors (Lipinski definition) is 2. The Morgan fingerprint density at radius 1 is 1.27 bits per heavy atom. The summed E-state index contributed by atoms with van der Waals surface area (Å²) in [4.78, 5) is 0.981. The van der Waals surface area contributed by atoms with Crippen LogP contribution in [-0.4, -0.2) is 6.54 Å². The number of thiol groups is 1. The second-order valence-electron chi connectivity index (χ2n) is 2.23. The lowest BCUT2D eigenvalue weighted by Gasteiger charge is -1.92. The lowest BCUT2D eigenvalue weighted by atomic mass is 10.2. The summed E-state index contributed by atoms with van der Waals surface area (Å²) in [6.07, 6.45) is 3.92. The van der Waals surface area contributed by atoms with Crippen LogP contribution >= 0.6 is 12.6 Å². The lowest BCUT2D eigenvalue weighted by molar-refractivity contribution is 1.26. The minimum Gasteiger partial charge on any atom is -0.327 e. The molecule has 0 saturated heterocycles. The number of nitrogens with two attached hydrogens (primary N) is 1. The van der Waals surface area contributed by atoms with Crippen LogP contribution in [-0.2, 0) is 0 Å².